The lowest BCUT2D eigenvalue weighted by molar-refractivity contribution is -0.131. The predicted molar refractivity (Wildman–Crippen MR) is 104 cm³/mol. The highest BCUT2D eigenvalue weighted by Gasteiger charge is 2.27. The average molecular weight is 451 g/mol. The molecule has 3 nitrogen and oxygen atoms in total. The van der Waals surface area contributed by atoms with Crippen molar-refractivity contribution in [2.45, 2.75) is 30.8 Å². The van der Waals surface area contributed by atoms with E-state index in [1.807, 2.05) is 0 Å². The van der Waals surface area contributed by atoms with E-state index >= 15 is 0 Å². The number of aryl methyl sites for hydroxylation is 1. The number of halogens is 6. The van der Waals surface area contributed by atoms with E-state index in [1.165, 1.54) is 38.0 Å². The van der Waals surface area contributed by atoms with E-state index in [0.717, 1.165) is 11.8 Å². The molecule has 0 radical (unpaired) electrons. The molecule has 0 saturated heterocycles. The molecule has 0 bridgehead atoms. The van der Waals surface area contributed by atoms with Gasteiger partial charge in [0.15, 0.2) is 0 Å². The first-order valence-corrected chi connectivity index (χ1v) is 10.4. The van der Waals surface area contributed by atoms with Gasteiger partial charge < -0.3 is 10.2 Å². The highest BCUT2D eigenvalue weighted by Crippen LogP contribution is 2.32. The first kappa shape index (κ1) is 26.8. The fourth-order valence-electron chi connectivity index (χ4n) is 1.90. The molecule has 0 aliphatic carbocycles. The molecule has 0 unspecified atom stereocenters. The Morgan fingerprint density at radius 3 is 2.21 bits per heavy atom. The number of rotatable bonds is 7. The van der Waals surface area contributed by atoms with Crippen LogP contribution in [0.1, 0.15) is 12.5 Å². The van der Waals surface area contributed by atoms with E-state index in [4.69, 9.17) is 0 Å². The van der Waals surface area contributed by atoms with Gasteiger partial charge in [-0.15, -0.1) is 11.8 Å². The lowest BCUT2D eigenvalue weighted by atomic mass is 10.2. The van der Waals surface area contributed by atoms with E-state index in [0.29, 0.717) is 22.2 Å². The summed E-state index contributed by atoms with van der Waals surface area (Å²) < 4.78 is 74.0. The zero-order chi connectivity index (χ0) is 22.1. The molecule has 11 heteroatoms. The Kier molecular flexibility index (Phi) is 11.2. The van der Waals surface area contributed by atoms with Gasteiger partial charge in [0, 0.05) is 25.9 Å². The second kappa shape index (κ2) is 11.7. The smallest absolute Gasteiger partial charge is 0.386 e. The number of benzene rings is 1. The Balaban J connectivity index is 0.000000546. The number of anilines is 1. The van der Waals surface area contributed by atoms with Crippen LogP contribution in [0.5, 0.6) is 0 Å². The van der Waals surface area contributed by atoms with Gasteiger partial charge in [-0.2, -0.15) is 24.9 Å². The molecule has 1 rings (SSSR count). The first-order chi connectivity index (χ1) is 12.7. The molecule has 0 saturated carbocycles. The third kappa shape index (κ3) is 11.6. The molecule has 1 amide bonds. The number of carbonyl (C=O) groups is 1. The summed E-state index contributed by atoms with van der Waals surface area (Å²) >= 11 is 1.99. The Hall–Kier alpha value is -1.23. The second-order valence-electron chi connectivity index (χ2n) is 6.00. The van der Waals surface area contributed by atoms with Crippen molar-refractivity contribution in [2.75, 3.05) is 43.7 Å². The van der Waals surface area contributed by atoms with Gasteiger partial charge >= 0.3 is 6.18 Å². The third-order valence-corrected chi connectivity index (χ3v) is 4.89. The van der Waals surface area contributed by atoms with Gasteiger partial charge in [-0.3, -0.25) is 4.79 Å². The monoisotopic (exact) mass is 450 g/mol. The van der Waals surface area contributed by atoms with Crippen molar-refractivity contribution in [2.24, 2.45) is 0 Å². The van der Waals surface area contributed by atoms with Crippen molar-refractivity contribution in [1.29, 1.82) is 0 Å². The van der Waals surface area contributed by atoms with E-state index in [1.54, 1.807) is 13.2 Å². The number of nitrogens with zero attached hydrogens (tertiary/aromatic N) is 1. The van der Waals surface area contributed by atoms with Gasteiger partial charge in [0.05, 0.1) is 23.7 Å². The van der Waals surface area contributed by atoms with Gasteiger partial charge in [0.1, 0.15) is 5.82 Å². The van der Waals surface area contributed by atoms with E-state index in [2.05, 4.69) is 5.32 Å². The molecule has 1 N–H and O–H groups in total. The van der Waals surface area contributed by atoms with Crippen molar-refractivity contribution in [3.63, 3.8) is 0 Å². The topological polar surface area (TPSA) is 32.3 Å². The number of thioether (sulfide) groups is 2. The minimum absolute atomic E-state index is 0.204. The summed E-state index contributed by atoms with van der Waals surface area (Å²) in [5.74, 6) is -4.24. The van der Waals surface area contributed by atoms with Crippen LogP contribution < -0.4 is 5.32 Å². The van der Waals surface area contributed by atoms with E-state index in [-0.39, 0.29) is 17.3 Å². The lowest BCUT2D eigenvalue weighted by Crippen LogP contribution is -2.37. The molecule has 0 heterocycles. The van der Waals surface area contributed by atoms with Gasteiger partial charge in [0.25, 0.3) is 5.92 Å². The van der Waals surface area contributed by atoms with Crippen LogP contribution in [-0.2, 0) is 4.79 Å². The van der Waals surface area contributed by atoms with Crippen LogP contribution in [0.2, 0.25) is 0 Å². The quantitative estimate of drug-likeness (QED) is 0.452. The summed E-state index contributed by atoms with van der Waals surface area (Å²) in [5, 5.41) is 2.59. The van der Waals surface area contributed by atoms with Crippen LogP contribution in [0.4, 0.5) is 32.0 Å². The molecule has 0 aromatic heterocycles. The van der Waals surface area contributed by atoms with Crippen molar-refractivity contribution < 1.29 is 31.1 Å². The highest BCUT2D eigenvalue weighted by molar-refractivity contribution is 7.99. The normalized spacial score (nSPS) is 11.5. The summed E-state index contributed by atoms with van der Waals surface area (Å²) in [6, 6.07) is 2.62. The van der Waals surface area contributed by atoms with Crippen LogP contribution in [0, 0.1) is 12.7 Å². The highest BCUT2D eigenvalue weighted by atomic mass is 32.2. The zero-order valence-corrected chi connectivity index (χ0v) is 17.8. The fourth-order valence-corrected chi connectivity index (χ4v) is 3.17. The first-order valence-electron chi connectivity index (χ1n) is 7.98. The van der Waals surface area contributed by atoms with Crippen molar-refractivity contribution in [1.82, 2.24) is 4.90 Å². The number of hydrogen-bond acceptors (Lipinski definition) is 4. The van der Waals surface area contributed by atoms with Crippen LogP contribution >= 0.6 is 23.5 Å². The van der Waals surface area contributed by atoms with Crippen LogP contribution in [0.3, 0.4) is 0 Å². The molecular weight excluding hydrogens is 426 g/mol. The fraction of sp³-hybridized carbons (Fsp3) is 0.588. The molecule has 162 valence electrons. The summed E-state index contributed by atoms with van der Waals surface area (Å²) in [7, 11) is 2.90. The number of carbonyl (C=O) groups excluding carboxylic acids is 1. The molecule has 0 atom stereocenters. The Morgan fingerprint density at radius 1 is 1.21 bits per heavy atom. The minimum atomic E-state index is -4.22. The number of alkyl halides is 5. The van der Waals surface area contributed by atoms with Crippen molar-refractivity contribution >= 4 is 35.1 Å². The molecule has 1 aromatic carbocycles. The summed E-state index contributed by atoms with van der Waals surface area (Å²) in [5.41, 5.74) is 0.709. The third-order valence-electron chi connectivity index (χ3n) is 3.13. The summed E-state index contributed by atoms with van der Waals surface area (Å²) in [4.78, 5) is 12.5. The van der Waals surface area contributed by atoms with Crippen LogP contribution in [0.15, 0.2) is 17.0 Å². The standard InChI is InChI=1S/C10H11F4NS.C7H13F2NOS/c1-6-3-7(11)8(15-2)4-9(6)16-5-10(12,13)14;1-7(8,9)5-10(2)6(11)4-12-3/h3-4,15H,5H2,1-2H3;4-5H2,1-3H3. The molecule has 28 heavy (non-hydrogen) atoms. The molecule has 0 spiro atoms. The summed E-state index contributed by atoms with van der Waals surface area (Å²) in [6.45, 7) is 1.88. The number of hydrogen-bond donors (Lipinski definition) is 1. The zero-order valence-electron chi connectivity index (χ0n) is 16.2. The van der Waals surface area contributed by atoms with E-state index < -0.39 is 30.2 Å². The van der Waals surface area contributed by atoms with Crippen LogP contribution in [0.25, 0.3) is 0 Å². The maximum absolute atomic E-state index is 13.2. The maximum Gasteiger partial charge on any atom is 0.398 e. The lowest BCUT2D eigenvalue weighted by Gasteiger charge is -2.20. The average Bonchev–Trinajstić information content (AvgIpc) is 2.52. The Bertz CT molecular complexity index is 635. The Labute approximate surface area is 169 Å². The van der Waals surface area contributed by atoms with E-state index in [9.17, 15) is 31.1 Å². The SMILES string of the molecule is CNc1cc(SCC(F)(F)F)c(C)cc1F.CSCC(=O)N(C)CC(C)(F)F. The van der Waals surface area contributed by atoms with Crippen LogP contribution in [-0.4, -0.2) is 61.3 Å². The largest absolute Gasteiger partial charge is 0.398 e. The van der Waals surface area contributed by atoms with Gasteiger partial charge in [0.2, 0.25) is 5.91 Å². The summed E-state index contributed by atoms with van der Waals surface area (Å²) in [6.07, 6.45) is -2.46. The molecule has 0 aliphatic rings. The molecular formula is C17H24F6N2OS2. The maximum atomic E-state index is 13.2. The predicted octanol–water partition coefficient (Wildman–Crippen LogP) is 5.29. The number of nitrogens with one attached hydrogen (secondary N) is 1. The molecule has 0 aliphatic heterocycles. The Morgan fingerprint density at radius 2 is 1.79 bits per heavy atom. The van der Waals surface area contributed by atoms with Gasteiger partial charge in [-0.25, -0.2) is 13.2 Å². The molecule has 0 fully saturated rings. The molecule has 1 aromatic rings. The van der Waals surface area contributed by atoms with Crippen molar-refractivity contribution in [3.05, 3.63) is 23.5 Å². The van der Waals surface area contributed by atoms with Crippen molar-refractivity contribution in [3.8, 4) is 0 Å². The second-order valence-corrected chi connectivity index (χ2v) is 7.89. The number of amides is 1. The van der Waals surface area contributed by atoms with Gasteiger partial charge in [-0.05, 0) is 30.9 Å². The van der Waals surface area contributed by atoms with Gasteiger partial charge in [-0.1, -0.05) is 0 Å². The minimum Gasteiger partial charge on any atom is -0.386 e.